The minimum absolute atomic E-state index is 0.242. The first kappa shape index (κ1) is 19.6. The Balaban J connectivity index is 1.66. The number of anilines is 1. The maximum Gasteiger partial charge on any atom is 0.263 e. The van der Waals surface area contributed by atoms with Crippen LogP contribution >= 0.6 is 11.6 Å². The maximum atomic E-state index is 13.1. The first-order valence-electron chi connectivity index (χ1n) is 9.30. The Bertz CT molecular complexity index is 1120. The van der Waals surface area contributed by atoms with Gasteiger partial charge >= 0.3 is 0 Å². The molecule has 5 nitrogen and oxygen atoms in total. The lowest BCUT2D eigenvalue weighted by atomic mass is 10.1. The molecule has 0 bridgehead atoms. The van der Waals surface area contributed by atoms with E-state index < -0.39 is 17.7 Å². The zero-order chi connectivity index (χ0) is 21.1. The van der Waals surface area contributed by atoms with Crippen LogP contribution in [0.5, 0.6) is 0 Å². The molecule has 0 saturated heterocycles. The van der Waals surface area contributed by atoms with Gasteiger partial charge in [0.25, 0.3) is 17.7 Å². The molecule has 0 fully saturated rings. The average Bonchev–Trinajstić information content (AvgIpc) is 3.02. The summed E-state index contributed by atoms with van der Waals surface area (Å²) in [5, 5.41) is 0.343. The molecule has 1 aliphatic heterocycles. The summed E-state index contributed by atoms with van der Waals surface area (Å²) in [6, 6.07) is 22.8. The van der Waals surface area contributed by atoms with Crippen LogP contribution in [-0.4, -0.2) is 29.3 Å². The van der Waals surface area contributed by atoms with Crippen molar-refractivity contribution >= 4 is 41.1 Å². The number of halogens is 1. The fourth-order valence-electron chi connectivity index (χ4n) is 3.27. The van der Waals surface area contributed by atoms with Crippen molar-refractivity contribution < 1.29 is 14.4 Å². The Morgan fingerprint density at radius 2 is 1.40 bits per heavy atom. The number of amides is 3. The van der Waals surface area contributed by atoms with Gasteiger partial charge in [0.2, 0.25) is 0 Å². The van der Waals surface area contributed by atoms with Gasteiger partial charge in [-0.25, -0.2) is 0 Å². The molecule has 0 spiro atoms. The Morgan fingerprint density at radius 1 is 0.833 bits per heavy atom. The van der Waals surface area contributed by atoms with Gasteiger partial charge in [0.15, 0.2) is 0 Å². The van der Waals surface area contributed by atoms with Gasteiger partial charge in [0.05, 0.1) is 21.8 Å². The number of nitrogens with zero attached hydrogens (tertiary/aromatic N) is 2. The number of carbonyl (C=O) groups is 3. The number of carbonyl (C=O) groups excluding carboxylic acids is 3. The summed E-state index contributed by atoms with van der Waals surface area (Å²) in [4.78, 5) is 41.0. The zero-order valence-electron chi connectivity index (χ0n) is 15.9. The van der Waals surface area contributed by atoms with E-state index in [1.807, 2.05) is 30.3 Å². The van der Waals surface area contributed by atoms with Gasteiger partial charge < -0.3 is 0 Å². The smallest absolute Gasteiger partial charge is 0.263 e. The predicted molar refractivity (Wildman–Crippen MR) is 116 cm³/mol. The van der Waals surface area contributed by atoms with Crippen LogP contribution in [0.1, 0.15) is 26.3 Å². The van der Waals surface area contributed by atoms with Gasteiger partial charge in [-0.15, -0.1) is 0 Å². The first-order valence-corrected chi connectivity index (χ1v) is 9.68. The SMILES string of the molecule is O=C1c2ccccc2C(=O)N1CN(C(=O)/C=C/c1ccccc1)c1ccccc1Cl. The van der Waals surface area contributed by atoms with E-state index in [9.17, 15) is 14.4 Å². The van der Waals surface area contributed by atoms with Crippen LogP contribution in [-0.2, 0) is 4.79 Å². The van der Waals surface area contributed by atoms with Crippen molar-refractivity contribution in [3.63, 3.8) is 0 Å². The van der Waals surface area contributed by atoms with E-state index in [-0.39, 0.29) is 6.67 Å². The van der Waals surface area contributed by atoms with Gasteiger partial charge in [0.1, 0.15) is 6.67 Å². The molecule has 3 aromatic carbocycles. The normalized spacial score (nSPS) is 13.0. The largest absolute Gasteiger partial charge is 0.289 e. The molecule has 0 aliphatic carbocycles. The standard InChI is InChI=1S/C24H17ClN2O3/c25-20-12-6-7-13-21(20)26(22(28)15-14-17-8-2-1-3-9-17)16-27-23(29)18-10-4-5-11-19(18)24(27)30/h1-15H,16H2/b15-14+. The molecule has 0 N–H and O–H groups in total. The van der Waals surface area contributed by atoms with Crippen LogP contribution in [0, 0.1) is 0 Å². The van der Waals surface area contributed by atoms with Crippen molar-refractivity contribution in [2.75, 3.05) is 11.6 Å². The second-order valence-corrected chi connectivity index (χ2v) is 7.09. The maximum absolute atomic E-state index is 13.1. The third-order valence-electron chi connectivity index (χ3n) is 4.79. The summed E-state index contributed by atoms with van der Waals surface area (Å²) >= 11 is 6.32. The van der Waals surface area contributed by atoms with Crippen molar-refractivity contribution in [2.45, 2.75) is 0 Å². The zero-order valence-corrected chi connectivity index (χ0v) is 16.6. The number of benzene rings is 3. The molecule has 1 heterocycles. The Kier molecular flexibility index (Phi) is 5.46. The molecule has 30 heavy (non-hydrogen) atoms. The minimum Gasteiger partial charge on any atom is -0.289 e. The van der Waals surface area contributed by atoms with E-state index in [4.69, 9.17) is 11.6 Å². The summed E-state index contributed by atoms with van der Waals surface area (Å²) in [6.45, 7) is -0.242. The molecule has 148 valence electrons. The van der Waals surface area contributed by atoms with E-state index in [0.29, 0.717) is 21.8 Å². The van der Waals surface area contributed by atoms with E-state index in [0.717, 1.165) is 10.5 Å². The van der Waals surface area contributed by atoms with Gasteiger partial charge in [-0.1, -0.05) is 66.2 Å². The Labute approximate surface area is 178 Å². The Hall–Kier alpha value is -3.70. The Morgan fingerprint density at radius 3 is 2.03 bits per heavy atom. The van der Waals surface area contributed by atoms with Crippen molar-refractivity contribution in [2.24, 2.45) is 0 Å². The second kappa shape index (κ2) is 8.35. The number of hydrogen-bond donors (Lipinski definition) is 0. The second-order valence-electron chi connectivity index (χ2n) is 6.69. The van der Waals surface area contributed by atoms with Crippen LogP contribution in [0.15, 0.2) is 84.9 Å². The highest BCUT2D eigenvalue weighted by atomic mass is 35.5. The lowest BCUT2D eigenvalue weighted by Gasteiger charge is -2.26. The van der Waals surface area contributed by atoms with Gasteiger partial charge in [-0.2, -0.15) is 0 Å². The van der Waals surface area contributed by atoms with Gasteiger partial charge in [0, 0.05) is 6.08 Å². The number of imide groups is 1. The third kappa shape index (κ3) is 3.75. The highest BCUT2D eigenvalue weighted by molar-refractivity contribution is 6.34. The van der Waals surface area contributed by atoms with Crippen LogP contribution in [0.3, 0.4) is 0 Å². The monoisotopic (exact) mass is 416 g/mol. The summed E-state index contributed by atoms with van der Waals surface area (Å²) in [5.74, 6) is -1.27. The van der Waals surface area contributed by atoms with E-state index in [2.05, 4.69) is 0 Å². The molecule has 0 aromatic heterocycles. The van der Waals surface area contributed by atoms with Crippen molar-refractivity contribution in [1.29, 1.82) is 0 Å². The summed E-state index contributed by atoms with van der Waals surface area (Å²) in [6.07, 6.45) is 3.07. The fraction of sp³-hybridized carbons (Fsp3) is 0.0417. The average molecular weight is 417 g/mol. The summed E-state index contributed by atoms with van der Waals surface area (Å²) < 4.78 is 0. The van der Waals surface area contributed by atoms with E-state index in [1.54, 1.807) is 54.6 Å². The van der Waals surface area contributed by atoms with Crippen LogP contribution in [0.2, 0.25) is 5.02 Å². The minimum atomic E-state index is -0.438. The molecule has 0 unspecified atom stereocenters. The summed E-state index contributed by atoms with van der Waals surface area (Å²) in [7, 11) is 0. The quantitative estimate of drug-likeness (QED) is 0.449. The molecule has 4 rings (SSSR count). The van der Waals surface area contributed by atoms with E-state index >= 15 is 0 Å². The van der Waals surface area contributed by atoms with Crippen LogP contribution in [0.25, 0.3) is 6.08 Å². The molecular formula is C24H17ClN2O3. The van der Waals surface area contributed by atoms with Gasteiger partial charge in [-0.3, -0.25) is 24.2 Å². The molecule has 3 amide bonds. The molecule has 0 saturated carbocycles. The topological polar surface area (TPSA) is 57.7 Å². The molecule has 0 atom stereocenters. The molecule has 3 aromatic rings. The number of para-hydroxylation sites is 1. The van der Waals surface area contributed by atoms with Crippen LogP contribution < -0.4 is 4.90 Å². The molecule has 0 radical (unpaired) electrons. The van der Waals surface area contributed by atoms with Crippen molar-refractivity contribution in [3.8, 4) is 0 Å². The van der Waals surface area contributed by atoms with E-state index in [1.165, 1.54) is 11.0 Å². The molecular weight excluding hydrogens is 400 g/mol. The fourth-order valence-corrected chi connectivity index (χ4v) is 3.50. The number of fused-ring (bicyclic) bond motifs is 1. The lowest BCUT2D eigenvalue weighted by Crippen LogP contribution is -2.44. The van der Waals surface area contributed by atoms with Crippen molar-refractivity contribution in [1.82, 2.24) is 4.90 Å². The van der Waals surface area contributed by atoms with Crippen LogP contribution in [0.4, 0.5) is 5.69 Å². The first-order chi connectivity index (χ1) is 14.6. The van der Waals surface area contributed by atoms with Gasteiger partial charge in [-0.05, 0) is 35.9 Å². The third-order valence-corrected chi connectivity index (χ3v) is 5.11. The lowest BCUT2D eigenvalue weighted by molar-refractivity contribution is -0.114. The highest BCUT2D eigenvalue weighted by Crippen LogP contribution is 2.28. The molecule has 1 aliphatic rings. The molecule has 6 heteroatoms. The predicted octanol–water partition coefficient (Wildman–Crippen LogP) is 4.64. The highest BCUT2D eigenvalue weighted by Gasteiger charge is 2.37. The summed E-state index contributed by atoms with van der Waals surface area (Å²) in [5.41, 5.74) is 1.92. The number of hydrogen-bond acceptors (Lipinski definition) is 3. The van der Waals surface area contributed by atoms with Crippen molar-refractivity contribution in [3.05, 3.63) is 107 Å². The number of rotatable bonds is 5.